The molecule has 0 aliphatic heterocycles. The fraction of sp³-hybridized carbons (Fsp3) is 0.222. The van der Waals surface area contributed by atoms with Gasteiger partial charge >= 0.3 is 0 Å². The number of aromatic amines is 1. The van der Waals surface area contributed by atoms with Gasteiger partial charge in [0.25, 0.3) is 5.91 Å². The van der Waals surface area contributed by atoms with Gasteiger partial charge in [-0.15, -0.1) is 10.2 Å². The van der Waals surface area contributed by atoms with Gasteiger partial charge in [-0.3, -0.25) is 4.79 Å². The van der Waals surface area contributed by atoms with Gasteiger partial charge in [-0.1, -0.05) is 28.4 Å². The Balaban J connectivity index is 2.10. The van der Waals surface area contributed by atoms with Crippen molar-refractivity contribution in [3.63, 3.8) is 0 Å². The first-order valence-corrected chi connectivity index (χ1v) is 5.68. The van der Waals surface area contributed by atoms with E-state index in [2.05, 4.69) is 30.9 Å². The molecule has 0 aliphatic carbocycles. The quantitative estimate of drug-likeness (QED) is 0.831. The number of halogens is 2. The van der Waals surface area contributed by atoms with Crippen LogP contribution in [0.4, 0.5) is 0 Å². The van der Waals surface area contributed by atoms with Crippen LogP contribution in [0.5, 0.6) is 0 Å². The summed E-state index contributed by atoms with van der Waals surface area (Å²) in [5.41, 5.74) is 0.305. The van der Waals surface area contributed by atoms with Crippen molar-refractivity contribution in [3.05, 3.63) is 33.8 Å². The van der Waals surface area contributed by atoms with E-state index in [9.17, 15) is 4.79 Å². The highest BCUT2D eigenvalue weighted by Crippen LogP contribution is 2.20. The Morgan fingerprint density at radius 2 is 2.28 bits per heavy atom. The third-order valence-corrected chi connectivity index (χ3v) is 2.84. The Kier molecular flexibility index (Phi) is 3.73. The standard InChI is InChI=1S/C9H8Cl2N6O/c1-4(8-14-16-17-15-8)13-9(18)5-2-6(10)7(11)12-3-5/h2-4H,1H3,(H,13,18)(H,14,15,16,17). The van der Waals surface area contributed by atoms with E-state index in [1.165, 1.54) is 12.3 Å². The molecule has 2 N–H and O–H groups in total. The molecule has 0 spiro atoms. The maximum Gasteiger partial charge on any atom is 0.253 e. The molecule has 0 saturated heterocycles. The molecule has 1 unspecified atom stereocenters. The van der Waals surface area contributed by atoms with Crippen molar-refractivity contribution in [1.29, 1.82) is 0 Å². The molecule has 2 aromatic heterocycles. The topological polar surface area (TPSA) is 96.5 Å². The third kappa shape index (κ3) is 2.74. The minimum atomic E-state index is -0.384. The highest BCUT2D eigenvalue weighted by molar-refractivity contribution is 6.41. The molecule has 1 amide bonds. The van der Waals surface area contributed by atoms with Gasteiger partial charge < -0.3 is 5.32 Å². The van der Waals surface area contributed by atoms with Crippen molar-refractivity contribution in [3.8, 4) is 0 Å². The number of hydrogen-bond acceptors (Lipinski definition) is 5. The molecule has 0 bridgehead atoms. The summed E-state index contributed by atoms with van der Waals surface area (Å²) in [6.45, 7) is 1.73. The average molecular weight is 287 g/mol. The number of tetrazole rings is 1. The van der Waals surface area contributed by atoms with E-state index in [1.807, 2.05) is 0 Å². The molecular formula is C9H8Cl2N6O. The first-order chi connectivity index (χ1) is 8.58. The van der Waals surface area contributed by atoms with Crippen LogP contribution >= 0.6 is 23.2 Å². The van der Waals surface area contributed by atoms with Gasteiger partial charge in [0.1, 0.15) is 5.15 Å². The first kappa shape index (κ1) is 12.7. The minimum absolute atomic E-state index is 0.152. The molecule has 0 radical (unpaired) electrons. The fourth-order valence-corrected chi connectivity index (χ4v) is 1.51. The molecule has 94 valence electrons. The van der Waals surface area contributed by atoms with Gasteiger partial charge in [-0.05, 0) is 13.0 Å². The van der Waals surface area contributed by atoms with Crippen LogP contribution in [0.1, 0.15) is 29.1 Å². The second-order valence-corrected chi connectivity index (χ2v) is 4.23. The number of nitrogens with one attached hydrogen (secondary N) is 2. The van der Waals surface area contributed by atoms with Crippen LogP contribution in [-0.2, 0) is 0 Å². The van der Waals surface area contributed by atoms with Crippen LogP contribution < -0.4 is 5.32 Å². The number of pyridine rings is 1. The van der Waals surface area contributed by atoms with Gasteiger partial charge in [0, 0.05) is 6.20 Å². The Labute approximate surface area is 112 Å². The van der Waals surface area contributed by atoms with Crippen molar-refractivity contribution < 1.29 is 4.79 Å². The molecule has 18 heavy (non-hydrogen) atoms. The van der Waals surface area contributed by atoms with Crippen LogP contribution in [0.15, 0.2) is 12.3 Å². The maximum atomic E-state index is 11.9. The molecule has 2 heterocycles. The van der Waals surface area contributed by atoms with Gasteiger partial charge in [0.05, 0.1) is 16.6 Å². The van der Waals surface area contributed by atoms with E-state index in [-0.39, 0.29) is 22.1 Å². The molecule has 2 aromatic rings. The van der Waals surface area contributed by atoms with Crippen molar-refractivity contribution in [1.82, 2.24) is 30.9 Å². The molecule has 9 heteroatoms. The van der Waals surface area contributed by atoms with Gasteiger partial charge in [-0.25, -0.2) is 4.98 Å². The number of carbonyl (C=O) groups excluding carboxylic acids is 1. The van der Waals surface area contributed by atoms with E-state index in [0.717, 1.165) is 0 Å². The molecule has 7 nitrogen and oxygen atoms in total. The SMILES string of the molecule is CC(NC(=O)c1cnc(Cl)c(Cl)c1)c1nn[nH]n1. The second kappa shape index (κ2) is 5.28. The van der Waals surface area contributed by atoms with Crippen molar-refractivity contribution in [2.45, 2.75) is 13.0 Å². The zero-order valence-corrected chi connectivity index (χ0v) is 10.7. The van der Waals surface area contributed by atoms with E-state index in [1.54, 1.807) is 6.92 Å². The molecule has 1 atom stereocenters. The van der Waals surface area contributed by atoms with Gasteiger partial charge in [0.15, 0.2) is 5.82 Å². The van der Waals surface area contributed by atoms with Crippen molar-refractivity contribution >= 4 is 29.1 Å². The van der Waals surface area contributed by atoms with E-state index >= 15 is 0 Å². The number of aromatic nitrogens is 5. The summed E-state index contributed by atoms with van der Waals surface area (Å²) in [4.78, 5) is 15.7. The molecule has 0 saturated carbocycles. The highest BCUT2D eigenvalue weighted by Gasteiger charge is 2.15. The fourth-order valence-electron chi connectivity index (χ4n) is 1.24. The lowest BCUT2D eigenvalue weighted by atomic mass is 10.2. The normalized spacial score (nSPS) is 12.2. The van der Waals surface area contributed by atoms with Crippen LogP contribution in [0.3, 0.4) is 0 Å². The number of nitrogens with zero attached hydrogens (tertiary/aromatic N) is 4. The monoisotopic (exact) mass is 286 g/mol. The summed E-state index contributed by atoms with van der Waals surface area (Å²) in [6.07, 6.45) is 1.34. The van der Waals surface area contributed by atoms with Gasteiger partial charge in [0.2, 0.25) is 0 Å². The summed E-state index contributed by atoms with van der Waals surface area (Å²) in [5, 5.41) is 16.3. The summed E-state index contributed by atoms with van der Waals surface area (Å²) < 4.78 is 0. The largest absolute Gasteiger partial charge is 0.342 e. The van der Waals surface area contributed by atoms with Crippen LogP contribution in [0.2, 0.25) is 10.2 Å². The average Bonchev–Trinajstić information content (AvgIpc) is 2.86. The van der Waals surface area contributed by atoms with Crippen molar-refractivity contribution in [2.75, 3.05) is 0 Å². The third-order valence-electron chi connectivity index (χ3n) is 2.16. The van der Waals surface area contributed by atoms with Crippen LogP contribution in [-0.4, -0.2) is 31.5 Å². The zero-order valence-electron chi connectivity index (χ0n) is 9.19. The van der Waals surface area contributed by atoms with Crippen LogP contribution in [0, 0.1) is 0 Å². The lowest BCUT2D eigenvalue weighted by molar-refractivity contribution is 0.0938. The lowest BCUT2D eigenvalue weighted by Crippen LogP contribution is -2.27. The predicted molar refractivity (Wildman–Crippen MR) is 64.3 cm³/mol. The molecule has 2 rings (SSSR count). The van der Waals surface area contributed by atoms with E-state index in [4.69, 9.17) is 23.2 Å². The highest BCUT2D eigenvalue weighted by atomic mass is 35.5. The Morgan fingerprint density at radius 3 is 2.89 bits per heavy atom. The van der Waals surface area contributed by atoms with Gasteiger partial charge in [-0.2, -0.15) is 5.21 Å². The molecule has 0 aliphatic rings. The number of H-pyrrole nitrogens is 1. The Morgan fingerprint density at radius 1 is 1.50 bits per heavy atom. The summed E-state index contributed by atoms with van der Waals surface area (Å²) in [5.74, 6) is 0.0368. The minimum Gasteiger partial charge on any atom is -0.342 e. The van der Waals surface area contributed by atoms with Crippen LogP contribution in [0.25, 0.3) is 0 Å². The number of rotatable bonds is 3. The lowest BCUT2D eigenvalue weighted by Gasteiger charge is -2.09. The van der Waals surface area contributed by atoms with Crippen molar-refractivity contribution in [2.24, 2.45) is 0 Å². The Hall–Kier alpha value is -1.73. The smallest absolute Gasteiger partial charge is 0.253 e. The summed E-state index contributed by atoms with van der Waals surface area (Å²) >= 11 is 11.4. The summed E-state index contributed by atoms with van der Waals surface area (Å²) in [7, 11) is 0. The number of carbonyl (C=O) groups is 1. The zero-order chi connectivity index (χ0) is 13.1. The second-order valence-electron chi connectivity index (χ2n) is 3.46. The Bertz CT molecular complexity index is 558. The number of hydrogen-bond donors (Lipinski definition) is 2. The predicted octanol–water partition coefficient (Wildman–Crippen LogP) is 1.39. The summed E-state index contributed by atoms with van der Waals surface area (Å²) in [6, 6.07) is 1.06. The molecule has 0 aromatic carbocycles. The molecular weight excluding hydrogens is 279 g/mol. The van der Waals surface area contributed by atoms with E-state index in [0.29, 0.717) is 11.4 Å². The molecule has 0 fully saturated rings. The van der Waals surface area contributed by atoms with E-state index < -0.39 is 0 Å². The first-order valence-electron chi connectivity index (χ1n) is 4.93. The maximum absolute atomic E-state index is 11.9. The number of amides is 1.